The summed E-state index contributed by atoms with van der Waals surface area (Å²) in [5.74, 6) is 0.0478. The summed E-state index contributed by atoms with van der Waals surface area (Å²) in [6.07, 6.45) is 1.91. The Balaban J connectivity index is 1.40. The quantitative estimate of drug-likeness (QED) is 0.514. The SMILES string of the molecule is C=CC(Cc1ccc(Cl)cc1)NC(=O)OCC1c2ccccc2-c2ccccc21. The van der Waals surface area contributed by atoms with Gasteiger partial charge in [-0.25, -0.2) is 4.79 Å². The molecule has 0 bridgehead atoms. The molecule has 0 spiro atoms. The number of carbonyl (C=O) groups is 1. The number of ether oxygens (including phenoxy) is 1. The molecule has 3 aromatic rings. The molecule has 1 aliphatic rings. The molecule has 0 saturated heterocycles. The van der Waals surface area contributed by atoms with Crippen LogP contribution < -0.4 is 5.32 Å². The fourth-order valence-corrected chi connectivity index (χ4v) is 3.99. The minimum atomic E-state index is -0.439. The summed E-state index contributed by atoms with van der Waals surface area (Å²) < 4.78 is 5.61. The third-order valence-corrected chi connectivity index (χ3v) is 5.55. The van der Waals surface area contributed by atoms with Crippen LogP contribution in [0.1, 0.15) is 22.6 Å². The third kappa shape index (κ3) is 4.20. The molecule has 0 radical (unpaired) electrons. The van der Waals surface area contributed by atoms with Crippen molar-refractivity contribution >= 4 is 17.7 Å². The largest absolute Gasteiger partial charge is 0.449 e. The van der Waals surface area contributed by atoms with Gasteiger partial charge in [-0.05, 0) is 46.4 Å². The van der Waals surface area contributed by atoms with Gasteiger partial charge in [-0.2, -0.15) is 0 Å². The molecule has 146 valence electrons. The molecule has 4 rings (SSSR count). The number of amides is 1. The van der Waals surface area contributed by atoms with Gasteiger partial charge in [0.05, 0.1) is 6.04 Å². The highest BCUT2D eigenvalue weighted by atomic mass is 35.5. The molecule has 0 saturated carbocycles. The number of alkyl carbamates (subject to hydrolysis) is 1. The van der Waals surface area contributed by atoms with E-state index >= 15 is 0 Å². The van der Waals surface area contributed by atoms with Gasteiger partial charge in [0, 0.05) is 10.9 Å². The average molecular weight is 404 g/mol. The molecule has 1 atom stereocenters. The first kappa shape index (κ1) is 19.3. The number of carbonyl (C=O) groups excluding carboxylic acids is 1. The van der Waals surface area contributed by atoms with Crippen LogP contribution in [0.3, 0.4) is 0 Å². The van der Waals surface area contributed by atoms with Crippen molar-refractivity contribution in [2.24, 2.45) is 0 Å². The first-order chi connectivity index (χ1) is 14.2. The van der Waals surface area contributed by atoms with E-state index in [-0.39, 0.29) is 12.0 Å². The molecule has 3 nitrogen and oxygen atoms in total. The summed E-state index contributed by atoms with van der Waals surface area (Å²) in [5.41, 5.74) is 5.89. The monoisotopic (exact) mass is 403 g/mol. The minimum absolute atomic E-state index is 0.0478. The Labute approximate surface area is 176 Å². The molecule has 29 heavy (non-hydrogen) atoms. The molecular weight excluding hydrogens is 382 g/mol. The van der Waals surface area contributed by atoms with Gasteiger partial charge in [-0.1, -0.05) is 78.3 Å². The number of hydrogen-bond acceptors (Lipinski definition) is 2. The van der Waals surface area contributed by atoms with Crippen LogP contribution in [0, 0.1) is 0 Å². The minimum Gasteiger partial charge on any atom is -0.449 e. The van der Waals surface area contributed by atoms with Crippen molar-refractivity contribution in [1.29, 1.82) is 0 Å². The smallest absolute Gasteiger partial charge is 0.407 e. The second-order valence-corrected chi connectivity index (χ2v) is 7.58. The van der Waals surface area contributed by atoms with Crippen molar-refractivity contribution in [3.63, 3.8) is 0 Å². The Kier molecular flexibility index (Phi) is 5.68. The molecule has 0 aromatic heterocycles. The molecule has 1 amide bonds. The van der Waals surface area contributed by atoms with E-state index in [0.717, 1.165) is 5.56 Å². The maximum atomic E-state index is 12.4. The van der Waals surface area contributed by atoms with Crippen molar-refractivity contribution in [3.05, 3.63) is 107 Å². The van der Waals surface area contributed by atoms with E-state index in [0.29, 0.717) is 18.1 Å². The third-order valence-electron chi connectivity index (χ3n) is 5.30. The van der Waals surface area contributed by atoms with Gasteiger partial charge < -0.3 is 10.1 Å². The zero-order valence-electron chi connectivity index (χ0n) is 16.0. The molecule has 0 fully saturated rings. The Hall–Kier alpha value is -3.04. The number of fused-ring (bicyclic) bond motifs is 3. The standard InChI is InChI=1S/C25H22ClNO2/c1-2-19(15-17-11-13-18(26)14-12-17)27-25(28)29-16-24-22-9-5-3-7-20(22)21-8-4-6-10-23(21)24/h2-14,19,24H,1,15-16H2,(H,27,28). The predicted molar refractivity (Wildman–Crippen MR) is 117 cm³/mol. The van der Waals surface area contributed by atoms with E-state index in [4.69, 9.17) is 16.3 Å². The second kappa shape index (κ2) is 8.54. The summed E-state index contributed by atoms with van der Waals surface area (Å²) in [7, 11) is 0. The molecule has 0 heterocycles. The highest BCUT2D eigenvalue weighted by Crippen LogP contribution is 2.44. The van der Waals surface area contributed by atoms with Crippen LogP contribution in [0.2, 0.25) is 5.02 Å². The van der Waals surface area contributed by atoms with Crippen molar-refractivity contribution < 1.29 is 9.53 Å². The Morgan fingerprint density at radius 1 is 1.00 bits per heavy atom. The fourth-order valence-electron chi connectivity index (χ4n) is 3.86. The lowest BCUT2D eigenvalue weighted by Crippen LogP contribution is -2.36. The summed E-state index contributed by atoms with van der Waals surface area (Å²) >= 11 is 5.93. The van der Waals surface area contributed by atoms with Gasteiger partial charge in [0.15, 0.2) is 0 Å². The Bertz CT molecular complexity index is 984. The molecule has 1 N–H and O–H groups in total. The van der Waals surface area contributed by atoms with Gasteiger partial charge in [0.25, 0.3) is 0 Å². The molecular formula is C25H22ClNO2. The van der Waals surface area contributed by atoms with Gasteiger partial charge in [0.1, 0.15) is 6.61 Å². The van der Waals surface area contributed by atoms with Crippen molar-refractivity contribution in [1.82, 2.24) is 5.32 Å². The van der Waals surface area contributed by atoms with Gasteiger partial charge in [-0.3, -0.25) is 0 Å². The predicted octanol–water partition coefficient (Wildman–Crippen LogP) is 5.98. The van der Waals surface area contributed by atoms with Crippen LogP contribution in [0.25, 0.3) is 11.1 Å². The number of benzene rings is 3. The van der Waals surface area contributed by atoms with Crippen LogP contribution in [0.4, 0.5) is 4.79 Å². The maximum Gasteiger partial charge on any atom is 0.407 e. The molecule has 1 aliphatic carbocycles. The van der Waals surface area contributed by atoms with E-state index in [9.17, 15) is 4.79 Å². The normalized spacial score (nSPS) is 13.3. The number of hydrogen-bond donors (Lipinski definition) is 1. The molecule has 0 aliphatic heterocycles. The van der Waals surface area contributed by atoms with Crippen LogP contribution in [-0.2, 0) is 11.2 Å². The summed E-state index contributed by atoms with van der Waals surface area (Å²) in [6.45, 7) is 4.12. The van der Waals surface area contributed by atoms with E-state index < -0.39 is 6.09 Å². The number of halogens is 1. The zero-order chi connectivity index (χ0) is 20.2. The summed E-state index contributed by atoms with van der Waals surface area (Å²) in [6, 6.07) is 23.9. The number of nitrogens with one attached hydrogen (secondary N) is 1. The lowest BCUT2D eigenvalue weighted by atomic mass is 9.98. The maximum absolute atomic E-state index is 12.4. The van der Waals surface area contributed by atoms with Crippen molar-refractivity contribution in [2.45, 2.75) is 18.4 Å². The highest BCUT2D eigenvalue weighted by molar-refractivity contribution is 6.30. The number of rotatable bonds is 6. The fraction of sp³-hybridized carbons (Fsp3) is 0.160. The first-order valence-corrected chi connectivity index (χ1v) is 10.0. The van der Waals surface area contributed by atoms with E-state index in [2.05, 4.69) is 36.2 Å². The van der Waals surface area contributed by atoms with Crippen molar-refractivity contribution in [3.8, 4) is 11.1 Å². The lowest BCUT2D eigenvalue weighted by molar-refractivity contribution is 0.141. The average Bonchev–Trinajstić information content (AvgIpc) is 3.07. The van der Waals surface area contributed by atoms with E-state index in [1.807, 2.05) is 48.5 Å². The molecule has 1 unspecified atom stereocenters. The summed E-state index contributed by atoms with van der Waals surface area (Å²) in [4.78, 5) is 12.4. The Morgan fingerprint density at radius 3 is 2.17 bits per heavy atom. The van der Waals surface area contributed by atoms with Gasteiger partial charge in [0.2, 0.25) is 0 Å². The zero-order valence-corrected chi connectivity index (χ0v) is 16.7. The second-order valence-electron chi connectivity index (χ2n) is 7.14. The Morgan fingerprint density at radius 2 is 1.59 bits per heavy atom. The lowest BCUT2D eigenvalue weighted by Gasteiger charge is -2.18. The van der Waals surface area contributed by atoms with Crippen LogP contribution >= 0.6 is 11.6 Å². The van der Waals surface area contributed by atoms with Gasteiger partial charge >= 0.3 is 6.09 Å². The van der Waals surface area contributed by atoms with E-state index in [1.54, 1.807) is 6.08 Å². The van der Waals surface area contributed by atoms with E-state index in [1.165, 1.54) is 22.3 Å². The van der Waals surface area contributed by atoms with Crippen LogP contribution in [-0.4, -0.2) is 18.7 Å². The van der Waals surface area contributed by atoms with Crippen LogP contribution in [0.5, 0.6) is 0 Å². The first-order valence-electron chi connectivity index (χ1n) is 9.64. The van der Waals surface area contributed by atoms with Crippen LogP contribution in [0.15, 0.2) is 85.5 Å². The topological polar surface area (TPSA) is 38.3 Å². The molecule has 4 heteroatoms. The van der Waals surface area contributed by atoms with Gasteiger partial charge in [-0.15, -0.1) is 6.58 Å². The molecule has 3 aromatic carbocycles. The highest BCUT2D eigenvalue weighted by Gasteiger charge is 2.29. The van der Waals surface area contributed by atoms with Crippen molar-refractivity contribution in [2.75, 3.05) is 6.61 Å². The summed E-state index contributed by atoms with van der Waals surface area (Å²) in [5, 5.41) is 3.58.